The van der Waals surface area contributed by atoms with E-state index in [0.717, 1.165) is 43.6 Å². The van der Waals surface area contributed by atoms with Gasteiger partial charge < -0.3 is 24.4 Å². The highest BCUT2D eigenvalue weighted by Crippen LogP contribution is 2.41. The first-order valence-electron chi connectivity index (χ1n) is 11.6. The number of aryl methyl sites for hydroxylation is 1. The molecule has 0 bridgehead atoms. The minimum absolute atomic E-state index is 0. The molecule has 1 fully saturated rings. The second-order valence-corrected chi connectivity index (χ2v) is 8.56. The Morgan fingerprint density at radius 1 is 0.824 bits per heavy atom. The van der Waals surface area contributed by atoms with Gasteiger partial charge in [0.15, 0.2) is 11.5 Å². The first-order chi connectivity index (χ1) is 16.1. The summed E-state index contributed by atoms with van der Waals surface area (Å²) in [5.41, 5.74) is 6.01. The molecule has 1 saturated heterocycles. The Balaban J connectivity index is 0.00000324. The zero-order valence-corrected chi connectivity index (χ0v) is 21.3. The number of hydrogen-bond donors (Lipinski definition) is 1. The predicted octanol–water partition coefficient (Wildman–Crippen LogP) is 5.87. The number of benzene rings is 3. The van der Waals surface area contributed by atoms with Gasteiger partial charge in [-0.05, 0) is 79.9 Å². The van der Waals surface area contributed by atoms with Crippen molar-refractivity contribution >= 4 is 18.1 Å². The van der Waals surface area contributed by atoms with Gasteiger partial charge >= 0.3 is 0 Å². The molecule has 0 aromatic heterocycles. The molecular formula is C28H35ClN2O3. The molecule has 0 unspecified atom stereocenters. The molecule has 0 spiro atoms. The number of nitrogens with one attached hydrogen (secondary N) is 1. The minimum Gasteiger partial charge on any atom is -0.493 e. The smallest absolute Gasteiger partial charge is 0.203 e. The van der Waals surface area contributed by atoms with Crippen LogP contribution in [0.2, 0.25) is 0 Å². The maximum atomic E-state index is 5.56. The number of ether oxygens (including phenoxy) is 3. The van der Waals surface area contributed by atoms with E-state index in [-0.39, 0.29) is 12.4 Å². The van der Waals surface area contributed by atoms with E-state index in [1.54, 1.807) is 21.3 Å². The fourth-order valence-corrected chi connectivity index (χ4v) is 4.58. The lowest BCUT2D eigenvalue weighted by molar-refractivity contribution is 0.324. The molecule has 3 aromatic rings. The number of hydrogen-bond acceptors (Lipinski definition) is 5. The normalized spacial score (nSPS) is 13.6. The molecule has 1 aliphatic heterocycles. The van der Waals surface area contributed by atoms with Gasteiger partial charge in [0.2, 0.25) is 5.75 Å². The Kier molecular flexibility index (Phi) is 9.08. The number of halogens is 1. The zero-order chi connectivity index (χ0) is 23.2. The highest BCUT2D eigenvalue weighted by molar-refractivity contribution is 5.85. The van der Waals surface area contributed by atoms with Crippen LogP contribution in [0.4, 0.5) is 5.69 Å². The van der Waals surface area contributed by atoms with Crippen molar-refractivity contribution in [3.05, 3.63) is 71.8 Å². The fraction of sp³-hybridized carbons (Fsp3) is 0.357. The summed E-state index contributed by atoms with van der Waals surface area (Å²) in [6.07, 6.45) is 2.31. The van der Waals surface area contributed by atoms with E-state index >= 15 is 0 Å². The molecule has 1 N–H and O–H groups in total. The molecule has 182 valence electrons. The molecule has 5 nitrogen and oxygen atoms in total. The molecule has 1 heterocycles. The third kappa shape index (κ3) is 5.78. The van der Waals surface area contributed by atoms with E-state index in [0.29, 0.717) is 23.3 Å². The van der Waals surface area contributed by atoms with Crippen LogP contribution in [-0.2, 0) is 6.54 Å². The standard InChI is InChI=1S/C28H34N2O3.ClH/c1-20-8-10-24(11-9-20)30(25-12-14-29-15-13-25)19-21-6-5-7-22(16-21)23-17-26(31-2)28(33-4)27(18-23)32-3;/h5-11,16-18,25,29H,12-15,19H2,1-4H3;1H. The second kappa shape index (κ2) is 12.0. The molecule has 4 rings (SSSR count). The summed E-state index contributed by atoms with van der Waals surface area (Å²) in [5, 5.41) is 3.49. The van der Waals surface area contributed by atoms with Crippen LogP contribution in [0.15, 0.2) is 60.7 Å². The molecule has 1 aliphatic rings. The lowest BCUT2D eigenvalue weighted by Crippen LogP contribution is -2.43. The van der Waals surface area contributed by atoms with E-state index in [9.17, 15) is 0 Å². The van der Waals surface area contributed by atoms with Crippen molar-refractivity contribution in [2.24, 2.45) is 0 Å². The van der Waals surface area contributed by atoms with Crippen LogP contribution in [0.3, 0.4) is 0 Å². The number of rotatable bonds is 8. The van der Waals surface area contributed by atoms with Crippen LogP contribution in [0.1, 0.15) is 24.0 Å². The fourth-order valence-electron chi connectivity index (χ4n) is 4.58. The van der Waals surface area contributed by atoms with Crippen LogP contribution in [-0.4, -0.2) is 40.5 Å². The van der Waals surface area contributed by atoms with Gasteiger partial charge in [-0.3, -0.25) is 0 Å². The third-order valence-electron chi connectivity index (χ3n) is 6.39. The molecule has 0 radical (unpaired) electrons. The second-order valence-electron chi connectivity index (χ2n) is 8.56. The van der Waals surface area contributed by atoms with Gasteiger partial charge in [0.05, 0.1) is 21.3 Å². The third-order valence-corrected chi connectivity index (χ3v) is 6.39. The van der Waals surface area contributed by atoms with Crippen molar-refractivity contribution in [2.45, 2.75) is 32.4 Å². The molecule has 3 aromatic carbocycles. The van der Waals surface area contributed by atoms with E-state index in [4.69, 9.17) is 14.2 Å². The van der Waals surface area contributed by atoms with Gasteiger partial charge in [-0.2, -0.15) is 0 Å². The average molecular weight is 483 g/mol. The van der Waals surface area contributed by atoms with Crippen molar-refractivity contribution in [3.8, 4) is 28.4 Å². The Morgan fingerprint density at radius 2 is 1.47 bits per heavy atom. The quantitative estimate of drug-likeness (QED) is 0.435. The van der Waals surface area contributed by atoms with Gasteiger partial charge in [0, 0.05) is 18.3 Å². The molecule has 34 heavy (non-hydrogen) atoms. The summed E-state index contributed by atoms with van der Waals surface area (Å²) in [6.45, 7) is 5.14. The first-order valence-corrected chi connectivity index (χ1v) is 11.6. The monoisotopic (exact) mass is 482 g/mol. The van der Waals surface area contributed by atoms with Crippen molar-refractivity contribution in [2.75, 3.05) is 39.3 Å². The van der Waals surface area contributed by atoms with E-state index in [1.807, 2.05) is 12.1 Å². The first kappa shape index (κ1) is 25.7. The maximum Gasteiger partial charge on any atom is 0.203 e. The molecule has 6 heteroatoms. The highest BCUT2D eigenvalue weighted by Gasteiger charge is 2.22. The Labute approximate surface area is 209 Å². The van der Waals surface area contributed by atoms with Gasteiger partial charge in [0.1, 0.15) is 0 Å². The van der Waals surface area contributed by atoms with Crippen LogP contribution in [0.25, 0.3) is 11.1 Å². The summed E-state index contributed by atoms with van der Waals surface area (Å²) in [5.74, 6) is 1.93. The van der Waals surface area contributed by atoms with Crippen molar-refractivity contribution in [3.63, 3.8) is 0 Å². The lowest BCUT2D eigenvalue weighted by atomic mass is 9.99. The van der Waals surface area contributed by atoms with Crippen molar-refractivity contribution < 1.29 is 14.2 Å². The summed E-state index contributed by atoms with van der Waals surface area (Å²) in [7, 11) is 4.92. The van der Waals surface area contributed by atoms with Gasteiger partial charge in [0.25, 0.3) is 0 Å². The average Bonchev–Trinajstić information content (AvgIpc) is 2.87. The molecule has 0 amide bonds. The van der Waals surface area contributed by atoms with Crippen LogP contribution in [0, 0.1) is 6.92 Å². The minimum atomic E-state index is 0. The number of anilines is 1. The lowest BCUT2D eigenvalue weighted by Gasteiger charge is -2.36. The Bertz CT molecular complexity index is 1040. The Hall–Kier alpha value is -2.89. The Morgan fingerprint density at radius 3 is 2.06 bits per heavy atom. The van der Waals surface area contributed by atoms with Crippen molar-refractivity contribution in [1.29, 1.82) is 0 Å². The van der Waals surface area contributed by atoms with Crippen LogP contribution < -0.4 is 24.4 Å². The topological polar surface area (TPSA) is 43.0 Å². The van der Waals surface area contributed by atoms with Gasteiger partial charge in [-0.25, -0.2) is 0 Å². The van der Waals surface area contributed by atoms with Crippen LogP contribution in [0.5, 0.6) is 17.2 Å². The number of nitrogens with zero attached hydrogens (tertiary/aromatic N) is 1. The zero-order valence-electron chi connectivity index (χ0n) is 20.5. The molecule has 0 atom stereocenters. The summed E-state index contributed by atoms with van der Waals surface area (Å²) in [6, 6.07) is 22.2. The van der Waals surface area contributed by atoms with Gasteiger partial charge in [-0.15, -0.1) is 12.4 Å². The van der Waals surface area contributed by atoms with E-state index in [2.05, 4.69) is 65.7 Å². The largest absolute Gasteiger partial charge is 0.493 e. The predicted molar refractivity (Wildman–Crippen MR) is 142 cm³/mol. The molecular weight excluding hydrogens is 448 g/mol. The maximum absolute atomic E-state index is 5.56. The van der Waals surface area contributed by atoms with E-state index in [1.165, 1.54) is 16.8 Å². The van der Waals surface area contributed by atoms with Gasteiger partial charge in [-0.1, -0.05) is 35.9 Å². The SMILES string of the molecule is COc1cc(-c2cccc(CN(c3ccc(C)cc3)C3CCNCC3)c2)cc(OC)c1OC.Cl. The highest BCUT2D eigenvalue weighted by atomic mass is 35.5. The summed E-state index contributed by atoms with van der Waals surface area (Å²) < 4.78 is 16.6. The molecule has 0 aliphatic carbocycles. The van der Waals surface area contributed by atoms with E-state index < -0.39 is 0 Å². The van der Waals surface area contributed by atoms with Crippen LogP contribution >= 0.6 is 12.4 Å². The summed E-state index contributed by atoms with van der Waals surface area (Å²) >= 11 is 0. The summed E-state index contributed by atoms with van der Waals surface area (Å²) in [4.78, 5) is 2.56. The number of methoxy groups -OCH3 is 3. The molecule has 0 saturated carbocycles. The number of piperidine rings is 1. The van der Waals surface area contributed by atoms with Crippen molar-refractivity contribution in [1.82, 2.24) is 5.32 Å².